The largest absolute Gasteiger partial charge is 0.295 e. The Labute approximate surface area is 144 Å². The van der Waals surface area contributed by atoms with Gasteiger partial charge >= 0.3 is 0 Å². The van der Waals surface area contributed by atoms with Gasteiger partial charge in [0.1, 0.15) is 0 Å². The molecule has 0 saturated heterocycles. The monoisotopic (exact) mass is 328 g/mol. The summed E-state index contributed by atoms with van der Waals surface area (Å²) in [6, 6.07) is 0. The average molecular weight is 328 g/mol. The molecule has 0 N–H and O–H groups in total. The molecule has 3 fully saturated rings. The van der Waals surface area contributed by atoms with Gasteiger partial charge in [-0.15, -0.1) is 0 Å². The predicted octanol–water partition coefficient (Wildman–Crippen LogP) is 3.90. The van der Waals surface area contributed by atoms with Crippen LogP contribution in [0.3, 0.4) is 0 Å². The molecule has 0 aromatic carbocycles. The molecule has 0 aromatic heterocycles. The van der Waals surface area contributed by atoms with Gasteiger partial charge in [0.15, 0.2) is 17.9 Å². The molecule has 4 aliphatic carbocycles. The number of Topliss-reactive ketones (excluding diaryl/α,β-unsaturated/α-hetero) is 1. The van der Waals surface area contributed by atoms with Gasteiger partial charge < -0.3 is 0 Å². The average Bonchev–Trinajstić information content (AvgIpc) is 2.92. The standard InChI is InChI=1S/C21H28O3/c1-20-9-7-14(23)11-13(20)3-4-15-16-5-6-18(19(24)12-22)21(16,2)10-8-17(15)20/h11-12,15-18H,3-10H2,1-2H3. The second kappa shape index (κ2) is 5.37. The van der Waals surface area contributed by atoms with Crippen LogP contribution in [0.1, 0.15) is 65.2 Å². The molecule has 0 aromatic rings. The first kappa shape index (κ1) is 16.2. The Bertz CT molecular complexity index is 633. The molecule has 4 aliphatic rings. The van der Waals surface area contributed by atoms with Crippen LogP contribution in [-0.2, 0) is 14.4 Å². The first-order chi connectivity index (χ1) is 11.4. The Morgan fingerprint density at radius 1 is 1.08 bits per heavy atom. The van der Waals surface area contributed by atoms with Crippen molar-refractivity contribution in [2.24, 2.45) is 34.5 Å². The molecule has 130 valence electrons. The SMILES string of the molecule is CC12CCC(=O)C=C1CCC1C2CCC2(C)C(C(=O)C=O)CCC12. The van der Waals surface area contributed by atoms with E-state index < -0.39 is 0 Å². The third-order valence-electron chi connectivity index (χ3n) is 8.42. The van der Waals surface area contributed by atoms with Crippen molar-refractivity contribution in [2.45, 2.75) is 65.2 Å². The lowest BCUT2D eigenvalue weighted by Gasteiger charge is -2.58. The molecule has 0 amide bonds. The highest BCUT2D eigenvalue weighted by molar-refractivity contribution is 6.26. The van der Waals surface area contributed by atoms with E-state index in [9.17, 15) is 14.4 Å². The van der Waals surface area contributed by atoms with E-state index >= 15 is 0 Å². The summed E-state index contributed by atoms with van der Waals surface area (Å²) in [5.41, 5.74) is 1.59. The van der Waals surface area contributed by atoms with E-state index in [1.165, 1.54) is 5.57 Å². The zero-order valence-corrected chi connectivity index (χ0v) is 14.8. The highest BCUT2D eigenvalue weighted by atomic mass is 16.2. The van der Waals surface area contributed by atoms with Gasteiger partial charge in [-0.3, -0.25) is 14.4 Å². The third kappa shape index (κ3) is 2.06. The van der Waals surface area contributed by atoms with Crippen molar-refractivity contribution in [2.75, 3.05) is 0 Å². The summed E-state index contributed by atoms with van der Waals surface area (Å²) >= 11 is 0. The fourth-order valence-corrected chi connectivity index (χ4v) is 7.11. The summed E-state index contributed by atoms with van der Waals surface area (Å²) in [5, 5.41) is 0. The van der Waals surface area contributed by atoms with Crippen molar-refractivity contribution in [1.82, 2.24) is 0 Å². The van der Waals surface area contributed by atoms with Gasteiger partial charge in [0, 0.05) is 12.3 Å². The Balaban J connectivity index is 1.66. The molecule has 0 bridgehead atoms. The molecule has 24 heavy (non-hydrogen) atoms. The molecule has 0 aliphatic heterocycles. The van der Waals surface area contributed by atoms with E-state index in [4.69, 9.17) is 0 Å². The van der Waals surface area contributed by atoms with Gasteiger partial charge in [-0.2, -0.15) is 0 Å². The zero-order valence-electron chi connectivity index (χ0n) is 14.8. The maximum atomic E-state index is 12.1. The summed E-state index contributed by atoms with van der Waals surface area (Å²) in [5.74, 6) is 1.94. The quantitative estimate of drug-likeness (QED) is 0.570. The van der Waals surface area contributed by atoms with E-state index in [1.54, 1.807) is 0 Å². The van der Waals surface area contributed by atoms with Crippen molar-refractivity contribution in [1.29, 1.82) is 0 Å². The predicted molar refractivity (Wildman–Crippen MR) is 91.3 cm³/mol. The number of carbonyl (C=O) groups excluding carboxylic acids is 3. The van der Waals surface area contributed by atoms with Crippen LogP contribution in [-0.4, -0.2) is 17.9 Å². The van der Waals surface area contributed by atoms with Crippen LogP contribution in [0, 0.1) is 34.5 Å². The molecule has 4 rings (SSSR count). The molecule has 3 heteroatoms. The van der Waals surface area contributed by atoms with Crippen LogP contribution >= 0.6 is 0 Å². The molecular formula is C21H28O3. The van der Waals surface area contributed by atoms with Gasteiger partial charge in [0.25, 0.3) is 0 Å². The summed E-state index contributed by atoms with van der Waals surface area (Å²) in [4.78, 5) is 35.1. The molecule has 6 unspecified atom stereocenters. The minimum atomic E-state index is -0.177. The van der Waals surface area contributed by atoms with E-state index in [2.05, 4.69) is 13.8 Å². The van der Waals surface area contributed by atoms with Crippen LogP contribution in [0.25, 0.3) is 0 Å². The van der Waals surface area contributed by atoms with Crippen molar-refractivity contribution < 1.29 is 14.4 Å². The lowest BCUT2D eigenvalue weighted by atomic mass is 9.46. The van der Waals surface area contributed by atoms with Crippen molar-refractivity contribution >= 4 is 17.9 Å². The fraction of sp³-hybridized carbons (Fsp3) is 0.762. The van der Waals surface area contributed by atoms with Crippen LogP contribution in [0.15, 0.2) is 11.6 Å². The van der Waals surface area contributed by atoms with Crippen LogP contribution in [0.2, 0.25) is 0 Å². The number of hydrogen-bond acceptors (Lipinski definition) is 3. The first-order valence-electron chi connectivity index (χ1n) is 9.63. The Kier molecular flexibility index (Phi) is 3.63. The first-order valence-corrected chi connectivity index (χ1v) is 9.63. The minimum absolute atomic E-state index is 0.0151. The van der Waals surface area contributed by atoms with Crippen LogP contribution < -0.4 is 0 Å². The molecule has 6 atom stereocenters. The second-order valence-electron chi connectivity index (χ2n) is 9.16. The van der Waals surface area contributed by atoms with Crippen LogP contribution in [0.5, 0.6) is 0 Å². The summed E-state index contributed by atoms with van der Waals surface area (Å²) in [7, 11) is 0. The number of carbonyl (C=O) groups is 3. The van der Waals surface area contributed by atoms with Crippen molar-refractivity contribution in [3.05, 3.63) is 11.6 Å². The van der Waals surface area contributed by atoms with Gasteiger partial charge in [-0.1, -0.05) is 19.4 Å². The summed E-state index contributed by atoms with van der Waals surface area (Å²) < 4.78 is 0. The number of fused-ring (bicyclic) bond motifs is 5. The Morgan fingerprint density at radius 3 is 2.62 bits per heavy atom. The van der Waals surface area contributed by atoms with E-state index in [-0.39, 0.29) is 22.5 Å². The molecular weight excluding hydrogens is 300 g/mol. The highest BCUT2D eigenvalue weighted by Gasteiger charge is 2.59. The lowest BCUT2D eigenvalue weighted by Crippen LogP contribution is -2.51. The third-order valence-corrected chi connectivity index (χ3v) is 8.42. The molecule has 0 spiro atoms. The van der Waals surface area contributed by atoms with Crippen molar-refractivity contribution in [3.8, 4) is 0 Å². The Hall–Kier alpha value is -1.25. The molecule has 3 saturated carbocycles. The normalized spacial score (nSPS) is 47.2. The number of ketones is 2. The molecule has 0 heterocycles. The summed E-state index contributed by atoms with van der Waals surface area (Å²) in [6.07, 6.45) is 10.6. The van der Waals surface area contributed by atoms with E-state index in [1.807, 2.05) is 6.08 Å². The van der Waals surface area contributed by atoms with Gasteiger partial charge in [-0.25, -0.2) is 0 Å². The smallest absolute Gasteiger partial charge is 0.198 e. The zero-order chi connectivity index (χ0) is 17.1. The van der Waals surface area contributed by atoms with Crippen LogP contribution in [0.4, 0.5) is 0 Å². The van der Waals surface area contributed by atoms with E-state index in [0.717, 1.165) is 44.9 Å². The topological polar surface area (TPSA) is 51.2 Å². The van der Waals surface area contributed by atoms with Gasteiger partial charge in [0.2, 0.25) is 0 Å². The minimum Gasteiger partial charge on any atom is -0.295 e. The highest BCUT2D eigenvalue weighted by Crippen LogP contribution is 2.66. The maximum absolute atomic E-state index is 12.1. The van der Waals surface area contributed by atoms with Crippen molar-refractivity contribution in [3.63, 3.8) is 0 Å². The Morgan fingerprint density at radius 2 is 1.88 bits per heavy atom. The second-order valence-corrected chi connectivity index (χ2v) is 9.16. The summed E-state index contributed by atoms with van der Waals surface area (Å²) in [6.45, 7) is 4.65. The van der Waals surface area contributed by atoms with E-state index in [0.29, 0.717) is 36.2 Å². The number of allylic oxidation sites excluding steroid dienone is 1. The molecule has 3 nitrogen and oxygen atoms in total. The van der Waals surface area contributed by atoms with Gasteiger partial charge in [-0.05, 0) is 79.6 Å². The van der Waals surface area contributed by atoms with Gasteiger partial charge in [0.05, 0.1) is 0 Å². The number of hydrogen-bond donors (Lipinski definition) is 0. The molecule has 0 radical (unpaired) electrons. The number of aldehydes is 1. The number of rotatable bonds is 2. The fourth-order valence-electron chi connectivity index (χ4n) is 7.11. The maximum Gasteiger partial charge on any atom is 0.198 e. The lowest BCUT2D eigenvalue weighted by molar-refractivity contribution is -0.137.